The highest BCUT2D eigenvalue weighted by molar-refractivity contribution is 7.98. The Morgan fingerprint density at radius 2 is 1.90 bits per heavy atom. The van der Waals surface area contributed by atoms with Gasteiger partial charge in [-0.3, -0.25) is 9.59 Å². The molecule has 41 heavy (non-hydrogen) atoms. The lowest BCUT2D eigenvalue weighted by atomic mass is 9.73. The number of rotatable bonds is 3. The number of ether oxygens (including phenoxy) is 2. The first-order valence-corrected chi connectivity index (χ1v) is 15.6. The third-order valence-corrected chi connectivity index (χ3v) is 9.68. The summed E-state index contributed by atoms with van der Waals surface area (Å²) < 4.78 is 13.9. The van der Waals surface area contributed by atoms with Crippen molar-refractivity contribution in [2.24, 2.45) is 24.3 Å². The van der Waals surface area contributed by atoms with Crippen LogP contribution in [0.4, 0.5) is 0 Å². The number of cyclic esters (lactones) is 1. The van der Waals surface area contributed by atoms with Gasteiger partial charge in [-0.05, 0) is 50.5 Å². The molecule has 0 bridgehead atoms. The van der Waals surface area contributed by atoms with Crippen molar-refractivity contribution in [2.75, 3.05) is 6.26 Å². The summed E-state index contributed by atoms with van der Waals surface area (Å²) in [6.07, 6.45) is 5.07. The third-order valence-electron chi connectivity index (χ3n) is 9.01. The van der Waals surface area contributed by atoms with E-state index >= 15 is 0 Å². The number of imidazole rings is 1. The van der Waals surface area contributed by atoms with Gasteiger partial charge in [0.25, 0.3) is 0 Å². The highest BCUT2D eigenvalue weighted by Gasteiger charge is 2.53. The number of fused-ring (bicyclic) bond motifs is 2. The van der Waals surface area contributed by atoms with E-state index in [1.54, 1.807) is 27.1 Å². The van der Waals surface area contributed by atoms with E-state index in [0.717, 1.165) is 35.4 Å². The molecule has 4 rings (SSSR count). The summed E-state index contributed by atoms with van der Waals surface area (Å²) in [5, 5.41) is 22.7. The molecule has 0 unspecified atom stereocenters. The predicted molar refractivity (Wildman–Crippen MR) is 157 cm³/mol. The van der Waals surface area contributed by atoms with Crippen molar-refractivity contribution >= 4 is 40.8 Å². The van der Waals surface area contributed by atoms with Crippen molar-refractivity contribution in [3.63, 3.8) is 0 Å². The van der Waals surface area contributed by atoms with Crippen LogP contribution in [0.25, 0.3) is 17.2 Å². The van der Waals surface area contributed by atoms with E-state index in [0.29, 0.717) is 17.9 Å². The zero-order valence-electron chi connectivity index (χ0n) is 25.4. The third kappa shape index (κ3) is 6.68. The first kappa shape index (κ1) is 31.6. The molecule has 10 nitrogen and oxygen atoms in total. The second-order valence-corrected chi connectivity index (χ2v) is 13.4. The summed E-state index contributed by atoms with van der Waals surface area (Å²) in [5.41, 5.74) is 0.595. The van der Waals surface area contributed by atoms with Crippen molar-refractivity contribution in [3.8, 4) is 0 Å². The number of carbonyl (C=O) groups is 2. The Balaban J connectivity index is 1.63. The van der Waals surface area contributed by atoms with Gasteiger partial charge in [0.15, 0.2) is 11.5 Å². The number of carbonyl (C=O) groups excluding carboxylic acids is 2. The molecule has 226 valence electrons. The molecule has 0 amide bonds. The van der Waals surface area contributed by atoms with Crippen LogP contribution in [0.3, 0.4) is 0 Å². The van der Waals surface area contributed by atoms with Crippen molar-refractivity contribution in [3.05, 3.63) is 17.7 Å². The van der Waals surface area contributed by atoms with Crippen LogP contribution >= 0.6 is 11.8 Å². The van der Waals surface area contributed by atoms with E-state index in [-0.39, 0.29) is 29.8 Å². The maximum Gasteiger partial charge on any atom is 0.309 e. The minimum Gasteiger partial charge on any atom is -0.458 e. The Hall–Kier alpha value is -2.34. The molecule has 2 aliphatic heterocycles. The van der Waals surface area contributed by atoms with E-state index in [4.69, 9.17) is 9.47 Å². The zero-order valence-corrected chi connectivity index (χ0v) is 26.2. The molecular weight excluding hydrogens is 544 g/mol. The number of nitrogens with zero attached hydrogens (tertiary/aromatic N) is 4. The second-order valence-electron chi connectivity index (χ2n) is 12.6. The largest absolute Gasteiger partial charge is 0.458 e. The van der Waals surface area contributed by atoms with E-state index in [9.17, 15) is 19.8 Å². The van der Waals surface area contributed by atoms with Crippen molar-refractivity contribution in [2.45, 2.75) is 109 Å². The molecule has 7 atom stereocenters. The van der Waals surface area contributed by atoms with Crippen LogP contribution in [0.15, 0.2) is 16.9 Å². The van der Waals surface area contributed by atoms with Crippen LogP contribution in [-0.4, -0.2) is 77.8 Å². The molecule has 0 aromatic carbocycles. The molecule has 2 saturated heterocycles. The monoisotopic (exact) mass is 588 g/mol. The van der Waals surface area contributed by atoms with Gasteiger partial charge in [0, 0.05) is 19.4 Å². The highest BCUT2D eigenvalue weighted by Crippen LogP contribution is 2.45. The molecular formula is C30H44N4O6S. The lowest BCUT2D eigenvalue weighted by Gasteiger charge is -2.34. The molecule has 2 fully saturated rings. The number of hydrogen-bond donors (Lipinski definition) is 2. The van der Waals surface area contributed by atoms with Crippen LogP contribution < -0.4 is 0 Å². The summed E-state index contributed by atoms with van der Waals surface area (Å²) >= 11 is 1.49. The molecule has 0 aliphatic carbocycles. The molecule has 0 spiro atoms. The Labute approximate surface area is 246 Å². The molecule has 0 saturated carbocycles. The van der Waals surface area contributed by atoms with Crippen molar-refractivity contribution in [1.82, 2.24) is 19.5 Å². The molecule has 2 aromatic heterocycles. The van der Waals surface area contributed by atoms with Crippen LogP contribution in [0, 0.1) is 17.3 Å². The Bertz CT molecular complexity index is 1330. The number of aromatic nitrogens is 4. The highest BCUT2D eigenvalue weighted by atomic mass is 32.2. The van der Waals surface area contributed by atoms with Gasteiger partial charge in [0.05, 0.1) is 42.1 Å². The lowest BCUT2D eigenvalue weighted by molar-refractivity contribution is -0.154. The normalized spacial score (nSPS) is 33.9. The maximum atomic E-state index is 13.3. The SMILES string of the molecule is CSc1nc(/C=C(\C)[C@@H]2C[C@@H]3O[C@]3(C)CCC[C@H](C)[C@H](O)[C@@H](C)C(=O)C(C)(C)[C@@H](O)CC(=O)O2)nc2c1ncn2C. The van der Waals surface area contributed by atoms with Crippen molar-refractivity contribution < 1.29 is 29.3 Å². The average Bonchev–Trinajstić information content (AvgIpc) is 3.40. The fourth-order valence-corrected chi connectivity index (χ4v) is 6.32. The number of aryl methyl sites for hydroxylation is 1. The fraction of sp³-hybridized carbons (Fsp3) is 0.700. The van der Waals surface area contributed by atoms with Crippen LogP contribution in [0.5, 0.6) is 0 Å². The van der Waals surface area contributed by atoms with Gasteiger partial charge in [-0.1, -0.05) is 34.1 Å². The standard InChI is InChI=1S/C30H44N4O6S/c1-16-10-9-11-30(6)21(40-30)13-19(39-23(36)14-20(35)29(4,5)26(38)18(3)25(16)37)17(2)12-22-32-27-24(28(33-22)41-8)31-15-34(27)7/h12,15-16,18-21,25,35,37H,9-11,13-14H2,1-8H3/b17-12+/t16-,18+,19-,20-,21-,25-,30+/m0/s1. The van der Waals surface area contributed by atoms with Crippen molar-refractivity contribution in [1.29, 1.82) is 0 Å². The van der Waals surface area contributed by atoms with Gasteiger partial charge in [0.2, 0.25) is 0 Å². The molecule has 11 heteroatoms. The number of hydrogen-bond acceptors (Lipinski definition) is 10. The van der Waals surface area contributed by atoms with Gasteiger partial charge < -0.3 is 24.3 Å². The summed E-state index contributed by atoms with van der Waals surface area (Å²) in [5.74, 6) is -1.18. The van der Waals surface area contributed by atoms with Crippen LogP contribution in [0.1, 0.15) is 79.5 Å². The summed E-state index contributed by atoms with van der Waals surface area (Å²) in [7, 11) is 1.88. The lowest BCUT2D eigenvalue weighted by Crippen LogP contribution is -2.45. The zero-order chi connectivity index (χ0) is 30.3. The number of epoxide rings is 1. The topological polar surface area (TPSA) is 140 Å². The van der Waals surface area contributed by atoms with Gasteiger partial charge in [-0.2, -0.15) is 0 Å². The van der Waals surface area contributed by atoms with Gasteiger partial charge >= 0.3 is 5.97 Å². The van der Waals surface area contributed by atoms with E-state index < -0.39 is 35.6 Å². The Kier molecular flexibility index (Phi) is 9.33. The first-order valence-electron chi connectivity index (χ1n) is 14.4. The predicted octanol–water partition coefficient (Wildman–Crippen LogP) is 4.11. The minimum absolute atomic E-state index is 0.0959. The van der Waals surface area contributed by atoms with Crippen LogP contribution in [0.2, 0.25) is 0 Å². The maximum absolute atomic E-state index is 13.3. The summed E-state index contributed by atoms with van der Waals surface area (Å²) in [6.45, 7) is 10.8. The van der Waals surface area contributed by atoms with E-state index in [1.807, 2.05) is 37.8 Å². The molecule has 4 heterocycles. The number of Topliss-reactive ketones (excluding diaryl/α,β-unsaturated/α-hetero) is 1. The Morgan fingerprint density at radius 3 is 2.59 bits per heavy atom. The van der Waals surface area contributed by atoms with E-state index in [2.05, 4.69) is 21.9 Å². The van der Waals surface area contributed by atoms with Crippen LogP contribution in [-0.2, 0) is 26.1 Å². The average molecular weight is 589 g/mol. The smallest absolute Gasteiger partial charge is 0.309 e. The summed E-state index contributed by atoms with van der Waals surface area (Å²) in [4.78, 5) is 40.3. The number of esters is 1. The molecule has 0 radical (unpaired) electrons. The molecule has 2 N–H and O–H groups in total. The second kappa shape index (κ2) is 12.1. The molecule has 2 aliphatic rings. The number of aliphatic hydroxyl groups excluding tert-OH is 2. The molecule has 2 aromatic rings. The minimum atomic E-state index is -1.27. The Morgan fingerprint density at radius 1 is 1.20 bits per heavy atom. The number of ketones is 1. The quantitative estimate of drug-likeness (QED) is 0.233. The number of thioether (sulfide) groups is 1. The fourth-order valence-electron chi connectivity index (χ4n) is 5.79. The van der Waals surface area contributed by atoms with Gasteiger partial charge in [-0.25, -0.2) is 15.0 Å². The first-order chi connectivity index (χ1) is 19.2. The van der Waals surface area contributed by atoms with Gasteiger partial charge in [0.1, 0.15) is 22.4 Å². The summed E-state index contributed by atoms with van der Waals surface area (Å²) in [6, 6.07) is 0. The number of aliphatic hydroxyl groups is 2. The van der Waals surface area contributed by atoms with Gasteiger partial charge in [-0.15, -0.1) is 11.8 Å². The van der Waals surface area contributed by atoms with E-state index in [1.165, 1.54) is 11.8 Å².